The van der Waals surface area contributed by atoms with Crippen LogP contribution in [0.2, 0.25) is 0 Å². The number of thiocarbonyl (C=S) groups is 1. The minimum atomic E-state index is -0.422. The third-order valence-corrected chi connectivity index (χ3v) is 4.44. The second-order valence-corrected chi connectivity index (χ2v) is 7.22. The van der Waals surface area contributed by atoms with Gasteiger partial charge in [0.2, 0.25) is 5.91 Å². The van der Waals surface area contributed by atoms with Crippen molar-refractivity contribution < 1.29 is 14.4 Å². The summed E-state index contributed by atoms with van der Waals surface area (Å²) in [5.41, 5.74) is 7.44. The van der Waals surface area contributed by atoms with Gasteiger partial charge in [-0.1, -0.05) is 37.5 Å². The van der Waals surface area contributed by atoms with E-state index in [9.17, 15) is 14.4 Å². The maximum Gasteiger partial charge on any atom is 0.269 e. The molecule has 0 unspecified atom stereocenters. The first-order valence-corrected chi connectivity index (χ1v) is 10.2. The Labute approximate surface area is 181 Å². The molecule has 2 rings (SSSR count). The maximum absolute atomic E-state index is 12.3. The molecule has 0 spiro atoms. The van der Waals surface area contributed by atoms with Crippen LogP contribution in [-0.2, 0) is 4.79 Å². The molecular weight excluding hydrogens is 400 g/mol. The average molecular weight is 427 g/mol. The zero-order valence-corrected chi connectivity index (χ0v) is 17.9. The van der Waals surface area contributed by atoms with Crippen LogP contribution < -0.4 is 21.5 Å². The van der Waals surface area contributed by atoms with Crippen molar-refractivity contribution in [2.75, 3.05) is 5.32 Å². The van der Waals surface area contributed by atoms with Gasteiger partial charge in [0, 0.05) is 23.2 Å². The summed E-state index contributed by atoms with van der Waals surface area (Å²) < 4.78 is 0. The number of hydrogen-bond donors (Lipinski definition) is 4. The molecule has 0 heterocycles. The number of rotatable bonds is 7. The van der Waals surface area contributed by atoms with E-state index in [2.05, 4.69) is 28.4 Å². The molecule has 0 saturated carbocycles. The standard InChI is InChI=1S/C22H26N4O3S/c1-3-4-5-9-19(27)24-22(30)26-25-21(29)16-10-12-18(13-11-16)23-20(28)17-8-6-7-15(2)14-17/h6-8,10-14H,3-5,9H2,1-2H3,(H,23,28)(H,25,29)(H2,24,26,27,30). The molecule has 0 saturated heterocycles. The van der Waals surface area contributed by atoms with Gasteiger partial charge < -0.3 is 10.6 Å². The Bertz CT molecular complexity index is 913. The molecule has 0 aliphatic carbocycles. The summed E-state index contributed by atoms with van der Waals surface area (Å²) in [6.07, 6.45) is 3.19. The number of nitrogens with one attached hydrogen (secondary N) is 4. The van der Waals surface area contributed by atoms with E-state index in [-0.39, 0.29) is 16.9 Å². The van der Waals surface area contributed by atoms with Crippen molar-refractivity contribution in [1.29, 1.82) is 0 Å². The third kappa shape index (κ3) is 7.63. The van der Waals surface area contributed by atoms with E-state index in [1.807, 2.05) is 19.1 Å². The molecule has 7 nitrogen and oxygen atoms in total. The topological polar surface area (TPSA) is 99.3 Å². The Morgan fingerprint density at radius 1 is 0.900 bits per heavy atom. The minimum Gasteiger partial charge on any atom is -0.322 e. The normalized spacial score (nSPS) is 10.1. The number of carbonyl (C=O) groups is 3. The van der Waals surface area contributed by atoms with Crippen molar-refractivity contribution >= 4 is 40.7 Å². The lowest BCUT2D eigenvalue weighted by atomic mass is 10.1. The van der Waals surface area contributed by atoms with Gasteiger partial charge in [-0.2, -0.15) is 0 Å². The zero-order chi connectivity index (χ0) is 21.9. The number of carbonyl (C=O) groups excluding carboxylic acids is 3. The molecule has 2 aromatic rings. The van der Waals surface area contributed by atoms with Crippen LogP contribution in [-0.4, -0.2) is 22.8 Å². The number of hydrogen-bond acceptors (Lipinski definition) is 4. The first-order chi connectivity index (χ1) is 14.4. The van der Waals surface area contributed by atoms with E-state index in [1.165, 1.54) is 0 Å². The molecule has 0 atom stereocenters. The average Bonchev–Trinajstić information content (AvgIpc) is 2.72. The summed E-state index contributed by atoms with van der Waals surface area (Å²) in [5, 5.41) is 5.34. The van der Waals surface area contributed by atoms with Gasteiger partial charge in [0.1, 0.15) is 0 Å². The minimum absolute atomic E-state index is 0.0342. The molecule has 8 heteroatoms. The van der Waals surface area contributed by atoms with Crippen LogP contribution in [0.4, 0.5) is 5.69 Å². The van der Waals surface area contributed by atoms with Crippen LogP contribution in [0, 0.1) is 6.92 Å². The number of hydrazine groups is 1. The van der Waals surface area contributed by atoms with Crippen LogP contribution in [0.5, 0.6) is 0 Å². The molecular formula is C22H26N4O3S. The fourth-order valence-electron chi connectivity index (χ4n) is 2.64. The quantitative estimate of drug-likeness (QED) is 0.309. The molecule has 0 aliphatic heterocycles. The molecule has 0 aliphatic rings. The highest BCUT2D eigenvalue weighted by Crippen LogP contribution is 2.12. The van der Waals surface area contributed by atoms with E-state index in [4.69, 9.17) is 12.2 Å². The zero-order valence-electron chi connectivity index (χ0n) is 17.1. The van der Waals surface area contributed by atoms with Crippen molar-refractivity contribution in [2.24, 2.45) is 0 Å². The lowest BCUT2D eigenvalue weighted by molar-refractivity contribution is -0.119. The predicted octanol–water partition coefficient (Wildman–Crippen LogP) is 3.46. The van der Waals surface area contributed by atoms with Crippen LogP contribution >= 0.6 is 12.2 Å². The summed E-state index contributed by atoms with van der Waals surface area (Å²) in [4.78, 5) is 36.2. The summed E-state index contributed by atoms with van der Waals surface area (Å²) in [7, 11) is 0. The van der Waals surface area contributed by atoms with Crippen LogP contribution in [0.3, 0.4) is 0 Å². The molecule has 0 bridgehead atoms. The van der Waals surface area contributed by atoms with Gasteiger partial charge in [-0.3, -0.25) is 25.2 Å². The van der Waals surface area contributed by atoms with Gasteiger partial charge in [0.05, 0.1) is 0 Å². The van der Waals surface area contributed by atoms with Gasteiger partial charge in [-0.05, 0) is 62.0 Å². The van der Waals surface area contributed by atoms with Gasteiger partial charge >= 0.3 is 0 Å². The maximum atomic E-state index is 12.3. The molecule has 0 fully saturated rings. The summed E-state index contributed by atoms with van der Waals surface area (Å²) in [6, 6.07) is 13.7. The lowest BCUT2D eigenvalue weighted by Crippen LogP contribution is -2.48. The summed E-state index contributed by atoms with van der Waals surface area (Å²) in [5.74, 6) is -0.837. The van der Waals surface area contributed by atoms with Crippen LogP contribution in [0.1, 0.15) is 58.9 Å². The molecule has 0 radical (unpaired) electrons. The summed E-state index contributed by atoms with van der Waals surface area (Å²) >= 11 is 5.00. The van der Waals surface area contributed by atoms with Gasteiger partial charge in [0.15, 0.2) is 5.11 Å². The van der Waals surface area contributed by atoms with Gasteiger partial charge in [0.25, 0.3) is 11.8 Å². The highest BCUT2D eigenvalue weighted by atomic mass is 32.1. The monoisotopic (exact) mass is 426 g/mol. The number of anilines is 1. The fraction of sp³-hybridized carbons (Fsp3) is 0.273. The highest BCUT2D eigenvalue weighted by molar-refractivity contribution is 7.80. The van der Waals surface area contributed by atoms with E-state index >= 15 is 0 Å². The van der Waals surface area contributed by atoms with Crippen molar-refractivity contribution in [2.45, 2.75) is 39.5 Å². The number of aryl methyl sites for hydroxylation is 1. The Morgan fingerprint density at radius 3 is 2.30 bits per heavy atom. The number of unbranched alkanes of at least 4 members (excludes halogenated alkanes) is 2. The second kappa shape index (κ2) is 11.7. The molecule has 2 aromatic carbocycles. The first-order valence-electron chi connectivity index (χ1n) is 9.77. The van der Waals surface area contributed by atoms with Crippen molar-refractivity contribution in [3.63, 3.8) is 0 Å². The first kappa shape index (κ1) is 23.0. The molecule has 0 aromatic heterocycles. The Kier molecular flexibility index (Phi) is 8.96. The van der Waals surface area contributed by atoms with E-state index in [1.54, 1.807) is 36.4 Å². The molecule has 4 N–H and O–H groups in total. The lowest BCUT2D eigenvalue weighted by Gasteiger charge is -2.11. The Balaban J connectivity index is 1.81. The van der Waals surface area contributed by atoms with Crippen LogP contribution in [0.15, 0.2) is 48.5 Å². The SMILES string of the molecule is CCCCCC(=O)NC(=S)NNC(=O)c1ccc(NC(=O)c2cccc(C)c2)cc1. The fourth-order valence-corrected chi connectivity index (χ4v) is 2.80. The molecule has 30 heavy (non-hydrogen) atoms. The van der Waals surface area contributed by atoms with E-state index < -0.39 is 5.91 Å². The van der Waals surface area contributed by atoms with Crippen molar-refractivity contribution in [1.82, 2.24) is 16.2 Å². The predicted molar refractivity (Wildman–Crippen MR) is 121 cm³/mol. The van der Waals surface area contributed by atoms with Crippen molar-refractivity contribution in [3.8, 4) is 0 Å². The largest absolute Gasteiger partial charge is 0.322 e. The smallest absolute Gasteiger partial charge is 0.269 e. The molecule has 3 amide bonds. The highest BCUT2D eigenvalue weighted by Gasteiger charge is 2.10. The van der Waals surface area contributed by atoms with Crippen molar-refractivity contribution in [3.05, 3.63) is 65.2 Å². The van der Waals surface area contributed by atoms with Gasteiger partial charge in [-0.15, -0.1) is 0 Å². The summed E-state index contributed by atoms with van der Waals surface area (Å²) in [6.45, 7) is 3.98. The van der Waals surface area contributed by atoms with E-state index in [0.717, 1.165) is 24.8 Å². The number of benzene rings is 2. The van der Waals surface area contributed by atoms with E-state index in [0.29, 0.717) is 23.2 Å². The van der Waals surface area contributed by atoms with Crippen LogP contribution in [0.25, 0.3) is 0 Å². The second-order valence-electron chi connectivity index (χ2n) is 6.81. The Morgan fingerprint density at radius 2 is 1.63 bits per heavy atom. The third-order valence-electron chi connectivity index (χ3n) is 4.24. The number of amides is 3. The van der Waals surface area contributed by atoms with Gasteiger partial charge in [-0.25, -0.2) is 0 Å². The molecule has 158 valence electrons. The Hall–Kier alpha value is -3.26.